The van der Waals surface area contributed by atoms with E-state index >= 15 is 0 Å². The second-order valence-corrected chi connectivity index (χ2v) is 13.2. The highest BCUT2D eigenvalue weighted by Gasteiger charge is 2.23. The molecule has 3 aromatic heterocycles. The summed E-state index contributed by atoms with van der Waals surface area (Å²) in [7, 11) is 0. The molecular weight excluding hydrogens is 637 g/mol. The molecule has 0 saturated heterocycles. The quantitative estimate of drug-likeness (QED) is 0.176. The Kier molecular flexibility index (Phi) is 6.18. The highest BCUT2D eigenvalue weighted by molar-refractivity contribution is 6.20. The molecular formula is C47H28N4O. The zero-order valence-electron chi connectivity index (χ0n) is 27.9. The Bertz CT molecular complexity index is 3120. The normalized spacial score (nSPS) is 11.8. The smallest absolute Gasteiger partial charge is 0.167 e. The van der Waals surface area contributed by atoms with Gasteiger partial charge in [-0.05, 0) is 57.9 Å². The maximum absolute atomic E-state index is 6.81. The first-order chi connectivity index (χ1) is 25.8. The first-order valence-corrected chi connectivity index (χ1v) is 17.5. The van der Waals surface area contributed by atoms with Gasteiger partial charge in [-0.25, -0.2) is 15.0 Å². The van der Waals surface area contributed by atoms with Gasteiger partial charge < -0.3 is 8.98 Å². The number of nitrogens with zero attached hydrogens (tertiary/aromatic N) is 4. The Balaban J connectivity index is 1.23. The number of furan rings is 1. The Labute approximate surface area is 298 Å². The fourth-order valence-electron chi connectivity index (χ4n) is 7.83. The van der Waals surface area contributed by atoms with E-state index < -0.39 is 0 Å². The van der Waals surface area contributed by atoms with E-state index in [0.717, 1.165) is 55.3 Å². The van der Waals surface area contributed by atoms with Crippen LogP contribution in [0.3, 0.4) is 0 Å². The van der Waals surface area contributed by atoms with Gasteiger partial charge in [-0.15, -0.1) is 0 Å². The summed E-state index contributed by atoms with van der Waals surface area (Å²) in [5.74, 6) is 1.78. The maximum Gasteiger partial charge on any atom is 0.167 e. The number of rotatable bonds is 4. The summed E-state index contributed by atoms with van der Waals surface area (Å²) in [4.78, 5) is 15.1. The second-order valence-electron chi connectivity index (χ2n) is 13.2. The average Bonchev–Trinajstić information content (AvgIpc) is 3.76. The zero-order chi connectivity index (χ0) is 34.2. The molecule has 0 fully saturated rings. The molecule has 11 rings (SSSR count). The molecule has 3 heterocycles. The number of para-hydroxylation sites is 2. The zero-order valence-corrected chi connectivity index (χ0v) is 27.9. The molecule has 0 amide bonds. The molecule has 0 aliphatic carbocycles. The van der Waals surface area contributed by atoms with Crippen molar-refractivity contribution in [3.63, 3.8) is 0 Å². The molecule has 11 aromatic rings. The lowest BCUT2D eigenvalue weighted by Crippen LogP contribution is -2.01. The number of benzene rings is 8. The van der Waals surface area contributed by atoms with E-state index in [4.69, 9.17) is 19.4 Å². The molecule has 0 aliphatic heterocycles. The fourth-order valence-corrected chi connectivity index (χ4v) is 7.83. The summed E-state index contributed by atoms with van der Waals surface area (Å²) in [6.45, 7) is 0. The Morgan fingerprint density at radius 3 is 1.79 bits per heavy atom. The monoisotopic (exact) mass is 664 g/mol. The van der Waals surface area contributed by atoms with Gasteiger partial charge in [0.05, 0.1) is 27.7 Å². The highest BCUT2D eigenvalue weighted by Crippen LogP contribution is 2.43. The largest absolute Gasteiger partial charge is 0.455 e. The van der Waals surface area contributed by atoms with Crippen molar-refractivity contribution in [2.24, 2.45) is 0 Å². The number of fused-ring (bicyclic) bond motifs is 9. The van der Waals surface area contributed by atoms with Crippen LogP contribution in [0.25, 0.3) is 105 Å². The predicted molar refractivity (Wildman–Crippen MR) is 213 cm³/mol. The topological polar surface area (TPSA) is 56.7 Å². The van der Waals surface area contributed by atoms with Crippen LogP contribution in [0.2, 0.25) is 0 Å². The lowest BCUT2D eigenvalue weighted by molar-refractivity contribution is 0.669. The Morgan fingerprint density at radius 1 is 0.404 bits per heavy atom. The van der Waals surface area contributed by atoms with Gasteiger partial charge in [0.2, 0.25) is 0 Å². The van der Waals surface area contributed by atoms with Gasteiger partial charge in [0.1, 0.15) is 11.2 Å². The highest BCUT2D eigenvalue weighted by atomic mass is 16.3. The molecule has 0 spiro atoms. The van der Waals surface area contributed by atoms with Crippen LogP contribution in [-0.2, 0) is 0 Å². The van der Waals surface area contributed by atoms with Gasteiger partial charge in [0.15, 0.2) is 17.5 Å². The molecule has 5 heteroatoms. The summed E-state index contributed by atoms with van der Waals surface area (Å²) in [6, 6.07) is 59.2. The Hall–Kier alpha value is -7.11. The lowest BCUT2D eigenvalue weighted by Gasteiger charge is -2.13. The first kappa shape index (κ1) is 28.7. The number of hydrogen-bond acceptors (Lipinski definition) is 4. The van der Waals surface area contributed by atoms with Crippen LogP contribution in [0.1, 0.15) is 0 Å². The van der Waals surface area contributed by atoms with Crippen LogP contribution in [-0.4, -0.2) is 19.5 Å². The summed E-state index contributed by atoms with van der Waals surface area (Å²) < 4.78 is 9.21. The molecule has 52 heavy (non-hydrogen) atoms. The van der Waals surface area contributed by atoms with Crippen molar-refractivity contribution >= 4 is 65.3 Å². The minimum atomic E-state index is 0.558. The SMILES string of the molecule is c1ccc(-c2nc(-c3ccccc3)nc(-c3ccc(-n4c5ccccc5c5cc6ccc7ccccc7c6cc54)c4c3oc3ccccc34)n2)cc1. The van der Waals surface area contributed by atoms with E-state index in [2.05, 4.69) is 102 Å². The molecule has 8 aromatic carbocycles. The van der Waals surface area contributed by atoms with Gasteiger partial charge >= 0.3 is 0 Å². The van der Waals surface area contributed by atoms with E-state index in [0.29, 0.717) is 17.5 Å². The standard InChI is InChI=1S/C47H28N4O/c1-3-14-30(15-4-1)45-48-46(31-16-5-2-6-17-31)50-47(49-45)36-25-26-40(43-35-20-10-12-22-42(35)52-44(36)43)51-39-21-11-9-19-34(39)38-27-32-24-23-29-13-7-8-18-33(29)37(32)28-41(38)51/h1-28H. The second kappa shape index (κ2) is 11.2. The fraction of sp³-hybridized carbons (Fsp3) is 0. The van der Waals surface area contributed by atoms with Crippen LogP contribution in [0, 0.1) is 0 Å². The van der Waals surface area contributed by atoms with E-state index in [-0.39, 0.29) is 0 Å². The number of hydrogen-bond donors (Lipinski definition) is 0. The third-order valence-corrected chi connectivity index (χ3v) is 10.2. The van der Waals surface area contributed by atoms with Crippen molar-refractivity contribution in [1.29, 1.82) is 0 Å². The van der Waals surface area contributed by atoms with E-state index in [1.165, 1.54) is 32.3 Å². The third kappa shape index (κ3) is 4.33. The van der Waals surface area contributed by atoms with Crippen LogP contribution < -0.4 is 0 Å². The first-order valence-electron chi connectivity index (χ1n) is 17.5. The number of aromatic nitrogens is 4. The lowest BCUT2D eigenvalue weighted by atomic mass is 10.00. The van der Waals surface area contributed by atoms with Gasteiger partial charge in [0, 0.05) is 27.3 Å². The molecule has 0 aliphatic rings. The van der Waals surface area contributed by atoms with Crippen molar-refractivity contribution in [2.45, 2.75) is 0 Å². The molecule has 242 valence electrons. The van der Waals surface area contributed by atoms with E-state index in [1.807, 2.05) is 72.8 Å². The van der Waals surface area contributed by atoms with Crippen molar-refractivity contribution in [1.82, 2.24) is 19.5 Å². The van der Waals surface area contributed by atoms with Crippen molar-refractivity contribution in [3.8, 4) is 39.9 Å². The maximum atomic E-state index is 6.81. The molecule has 0 unspecified atom stereocenters. The summed E-state index contributed by atoms with van der Waals surface area (Å²) in [5.41, 5.74) is 7.51. The van der Waals surface area contributed by atoms with Crippen LogP contribution in [0.15, 0.2) is 174 Å². The van der Waals surface area contributed by atoms with Gasteiger partial charge in [-0.2, -0.15) is 0 Å². The summed E-state index contributed by atoms with van der Waals surface area (Å²) in [6.07, 6.45) is 0. The van der Waals surface area contributed by atoms with E-state index in [1.54, 1.807) is 0 Å². The molecule has 0 radical (unpaired) electrons. The van der Waals surface area contributed by atoms with Crippen LogP contribution in [0.4, 0.5) is 0 Å². The molecule has 0 saturated carbocycles. The minimum absolute atomic E-state index is 0.558. The summed E-state index contributed by atoms with van der Waals surface area (Å²) in [5, 5.41) is 9.38. The van der Waals surface area contributed by atoms with Gasteiger partial charge in [-0.3, -0.25) is 0 Å². The predicted octanol–water partition coefficient (Wildman–Crippen LogP) is 12.2. The van der Waals surface area contributed by atoms with Crippen molar-refractivity contribution in [3.05, 3.63) is 170 Å². The van der Waals surface area contributed by atoms with Crippen molar-refractivity contribution < 1.29 is 4.42 Å². The molecule has 0 N–H and O–H groups in total. The minimum Gasteiger partial charge on any atom is -0.455 e. The van der Waals surface area contributed by atoms with Crippen molar-refractivity contribution in [2.75, 3.05) is 0 Å². The van der Waals surface area contributed by atoms with Crippen LogP contribution in [0.5, 0.6) is 0 Å². The van der Waals surface area contributed by atoms with Gasteiger partial charge in [-0.1, -0.05) is 133 Å². The van der Waals surface area contributed by atoms with E-state index in [9.17, 15) is 0 Å². The van der Waals surface area contributed by atoms with Gasteiger partial charge in [0.25, 0.3) is 0 Å². The average molecular weight is 665 g/mol. The summed E-state index contributed by atoms with van der Waals surface area (Å²) >= 11 is 0. The third-order valence-electron chi connectivity index (χ3n) is 10.2. The molecule has 5 nitrogen and oxygen atoms in total. The van der Waals surface area contributed by atoms with Crippen LogP contribution >= 0.6 is 0 Å². The molecule has 0 atom stereocenters. The Morgan fingerprint density at radius 2 is 1.02 bits per heavy atom. The molecule has 0 bridgehead atoms.